The predicted octanol–water partition coefficient (Wildman–Crippen LogP) is 0.425. The first kappa shape index (κ1) is 14.2. The fraction of sp³-hybridized carbons (Fsp3) is 1.00. The second-order valence-electron chi connectivity index (χ2n) is 5.50. The number of hydrogen-bond donors (Lipinski definition) is 1. The Hall–Kier alpha value is -0.170. The zero-order chi connectivity index (χ0) is 13.2. The minimum absolute atomic E-state index is 0.434. The molecule has 0 radical (unpaired) electrons. The molecule has 1 N–H and O–H groups in total. The number of nitrogens with one attached hydrogen (secondary N) is 1. The maximum atomic E-state index is 11.4. The van der Waals surface area contributed by atoms with Gasteiger partial charge in [-0.15, -0.1) is 0 Å². The van der Waals surface area contributed by atoms with E-state index in [0.29, 0.717) is 25.2 Å². The molecule has 2 fully saturated rings. The summed E-state index contributed by atoms with van der Waals surface area (Å²) in [5, 5.41) is 3.64. The molecule has 1 aliphatic carbocycles. The summed E-state index contributed by atoms with van der Waals surface area (Å²) in [6.45, 7) is 2.04. The molecule has 6 heteroatoms. The van der Waals surface area contributed by atoms with Gasteiger partial charge in [0, 0.05) is 32.3 Å². The lowest BCUT2D eigenvalue weighted by Gasteiger charge is -2.33. The number of sulfonamides is 1. The third-order valence-electron chi connectivity index (χ3n) is 3.91. The number of hydrogen-bond acceptors (Lipinski definition) is 4. The van der Waals surface area contributed by atoms with Gasteiger partial charge in [-0.25, -0.2) is 12.7 Å². The molecule has 1 unspecified atom stereocenters. The van der Waals surface area contributed by atoms with Crippen LogP contribution in [0, 0.1) is 5.92 Å². The van der Waals surface area contributed by atoms with Gasteiger partial charge in [0.1, 0.15) is 0 Å². The molecule has 5 nitrogen and oxygen atoms in total. The monoisotopic (exact) mass is 276 g/mol. The molecule has 0 aromatic rings. The summed E-state index contributed by atoms with van der Waals surface area (Å²) in [7, 11) is -1.27. The van der Waals surface area contributed by atoms with E-state index in [2.05, 4.69) is 5.32 Å². The quantitative estimate of drug-likeness (QED) is 0.764. The van der Waals surface area contributed by atoms with E-state index in [9.17, 15) is 8.42 Å². The van der Waals surface area contributed by atoms with Crippen molar-refractivity contribution in [1.29, 1.82) is 0 Å². The first-order chi connectivity index (χ1) is 8.50. The van der Waals surface area contributed by atoms with E-state index in [1.807, 2.05) is 0 Å². The fourth-order valence-electron chi connectivity index (χ4n) is 2.66. The number of rotatable bonds is 6. The molecule has 2 rings (SSSR count). The minimum Gasteiger partial charge on any atom is -0.383 e. The molecule has 0 aromatic carbocycles. The van der Waals surface area contributed by atoms with Gasteiger partial charge < -0.3 is 10.1 Å². The average molecular weight is 276 g/mol. The normalized spacial score (nSPS) is 25.2. The van der Waals surface area contributed by atoms with Crippen LogP contribution in [0.5, 0.6) is 0 Å². The largest absolute Gasteiger partial charge is 0.383 e. The molecule has 2 aliphatic rings. The Morgan fingerprint density at radius 3 is 2.33 bits per heavy atom. The van der Waals surface area contributed by atoms with Crippen LogP contribution in [0.3, 0.4) is 0 Å². The van der Waals surface area contributed by atoms with Gasteiger partial charge in [-0.05, 0) is 31.6 Å². The van der Waals surface area contributed by atoms with E-state index in [0.717, 1.165) is 25.4 Å². The van der Waals surface area contributed by atoms with E-state index in [1.165, 1.54) is 19.1 Å². The standard InChI is InChI=1S/C12H24N2O3S/c1-17-9-12(10-3-4-10)13-11-5-7-14(8-6-11)18(2,15)16/h10-13H,3-9H2,1-2H3. The highest BCUT2D eigenvalue weighted by molar-refractivity contribution is 7.88. The highest BCUT2D eigenvalue weighted by Gasteiger charge is 2.33. The first-order valence-corrected chi connectivity index (χ1v) is 8.55. The van der Waals surface area contributed by atoms with E-state index >= 15 is 0 Å². The van der Waals surface area contributed by atoms with Crippen LogP contribution in [0.1, 0.15) is 25.7 Å². The molecule has 1 saturated carbocycles. The first-order valence-electron chi connectivity index (χ1n) is 6.71. The Labute approximate surface area is 110 Å². The number of methoxy groups -OCH3 is 1. The maximum Gasteiger partial charge on any atom is 0.211 e. The third kappa shape index (κ3) is 3.91. The Balaban J connectivity index is 1.78. The lowest BCUT2D eigenvalue weighted by atomic mass is 10.0. The number of ether oxygens (including phenoxy) is 1. The van der Waals surface area contributed by atoms with Crippen molar-refractivity contribution in [2.75, 3.05) is 33.1 Å². The van der Waals surface area contributed by atoms with Crippen LogP contribution in [0.2, 0.25) is 0 Å². The van der Waals surface area contributed by atoms with Gasteiger partial charge in [0.25, 0.3) is 0 Å². The van der Waals surface area contributed by atoms with Crippen LogP contribution in [0.15, 0.2) is 0 Å². The van der Waals surface area contributed by atoms with Crippen LogP contribution in [0.25, 0.3) is 0 Å². The van der Waals surface area contributed by atoms with Gasteiger partial charge in [0.2, 0.25) is 10.0 Å². The summed E-state index contributed by atoms with van der Waals surface area (Å²) in [4.78, 5) is 0. The van der Waals surface area contributed by atoms with Crippen molar-refractivity contribution in [3.63, 3.8) is 0 Å². The summed E-state index contributed by atoms with van der Waals surface area (Å²) < 4.78 is 29.7. The molecule has 1 aliphatic heterocycles. The van der Waals surface area contributed by atoms with Crippen LogP contribution in [-0.2, 0) is 14.8 Å². The Morgan fingerprint density at radius 1 is 1.28 bits per heavy atom. The summed E-state index contributed by atoms with van der Waals surface area (Å²) in [6.07, 6.45) is 5.69. The molecular formula is C12H24N2O3S. The number of nitrogens with zero attached hydrogens (tertiary/aromatic N) is 1. The summed E-state index contributed by atoms with van der Waals surface area (Å²) in [6, 6.07) is 0.883. The van der Waals surface area contributed by atoms with Crippen LogP contribution in [-0.4, -0.2) is 57.9 Å². The zero-order valence-electron chi connectivity index (χ0n) is 11.3. The van der Waals surface area contributed by atoms with Crippen LogP contribution >= 0.6 is 0 Å². The lowest BCUT2D eigenvalue weighted by Crippen LogP contribution is -2.49. The van der Waals surface area contributed by atoms with Crippen molar-refractivity contribution in [2.24, 2.45) is 5.92 Å². The van der Waals surface area contributed by atoms with Gasteiger partial charge in [0.15, 0.2) is 0 Å². The lowest BCUT2D eigenvalue weighted by molar-refractivity contribution is 0.143. The number of piperidine rings is 1. The van der Waals surface area contributed by atoms with Crippen molar-refractivity contribution < 1.29 is 13.2 Å². The Kier molecular flexibility index (Phi) is 4.64. The van der Waals surface area contributed by atoms with Gasteiger partial charge in [-0.1, -0.05) is 0 Å². The Bertz CT molecular complexity index is 360. The van der Waals surface area contributed by atoms with Crippen molar-refractivity contribution >= 4 is 10.0 Å². The van der Waals surface area contributed by atoms with Crippen molar-refractivity contribution in [3.05, 3.63) is 0 Å². The minimum atomic E-state index is -3.01. The second-order valence-corrected chi connectivity index (χ2v) is 7.48. The molecule has 0 aromatic heterocycles. The molecule has 0 amide bonds. The molecule has 1 saturated heterocycles. The summed E-state index contributed by atoms with van der Waals surface area (Å²) in [5.74, 6) is 0.762. The predicted molar refractivity (Wildman–Crippen MR) is 71.0 cm³/mol. The average Bonchev–Trinajstić information content (AvgIpc) is 3.12. The Morgan fingerprint density at radius 2 is 1.89 bits per heavy atom. The van der Waals surface area contributed by atoms with E-state index < -0.39 is 10.0 Å². The third-order valence-corrected chi connectivity index (χ3v) is 5.21. The van der Waals surface area contributed by atoms with Gasteiger partial charge in [-0.2, -0.15) is 0 Å². The molecule has 1 atom stereocenters. The molecular weight excluding hydrogens is 252 g/mol. The van der Waals surface area contributed by atoms with Gasteiger partial charge in [-0.3, -0.25) is 0 Å². The van der Waals surface area contributed by atoms with Crippen LogP contribution in [0.4, 0.5) is 0 Å². The highest BCUT2D eigenvalue weighted by atomic mass is 32.2. The summed E-state index contributed by atoms with van der Waals surface area (Å²) >= 11 is 0. The molecule has 18 heavy (non-hydrogen) atoms. The smallest absolute Gasteiger partial charge is 0.211 e. The zero-order valence-corrected chi connectivity index (χ0v) is 12.1. The second kappa shape index (κ2) is 5.86. The molecule has 0 spiro atoms. The molecule has 1 heterocycles. The highest BCUT2D eigenvalue weighted by Crippen LogP contribution is 2.33. The van der Waals surface area contributed by atoms with Crippen molar-refractivity contribution in [3.8, 4) is 0 Å². The van der Waals surface area contributed by atoms with Crippen molar-refractivity contribution in [1.82, 2.24) is 9.62 Å². The SMILES string of the molecule is COCC(NC1CCN(S(C)(=O)=O)CC1)C1CC1. The molecule has 106 valence electrons. The van der Waals surface area contributed by atoms with Gasteiger partial charge >= 0.3 is 0 Å². The fourth-order valence-corrected chi connectivity index (χ4v) is 3.53. The van der Waals surface area contributed by atoms with Crippen LogP contribution < -0.4 is 5.32 Å². The van der Waals surface area contributed by atoms with E-state index in [1.54, 1.807) is 11.4 Å². The molecule has 0 bridgehead atoms. The van der Waals surface area contributed by atoms with Gasteiger partial charge in [0.05, 0.1) is 12.9 Å². The van der Waals surface area contributed by atoms with E-state index in [4.69, 9.17) is 4.74 Å². The maximum absolute atomic E-state index is 11.4. The van der Waals surface area contributed by atoms with Crippen molar-refractivity contribution in [2.45, 2.75) is 37.8 Å². The topological polar surface area (TPSA) is 58.6 Å². The van der Waals surface area contributed by atoms with E-state index in [-0.39, 0.29) is 0 Å². The summed E-state index contributed by atoms with van der Waals surface area (Å²) in [5.41, 5.74) is 0.